The largest absolute Gasteiger partial charge is 0.480 e. The molecule has 4 heterocycles. The van der Waals surface area contributed by atoms with Gasteiger partial charge in [0.15, 0.2) is 17.4 Å². The Morgan fingerprint density at radius 2 is 1.74 bits per heavy atom. The van der Waals surface area contributed by atoms with Crippen LogP contribution in [0, 0.1) is 0 Å². The van der Waals surface area contributed by atoms with Gasteiger partial charge in [-0.25, -0.2) is 0 Å². The quantitative estimate of drug-likeness (QED) is 0.261. The fourth-order valence-electron chi connectivity index (χ4n) is 4.23. The van der Waals surface area contributed by atoms with E-state index in [0.717, 1.165) is 44.3 Å². The average molecular weight is 674 g/mol. The Kier molecular flexibility index (Phi) is 8.16. The molecule has 14 nitrogen and oxygen atoms in total. The second-order valence-corrected chi connectivity index (χ2v) is 13.9. The molecule has 3 aliphatic rings. The number of carbonyl (C=O) groups is 3. The number of aromatic nitrogens is 1. The van der Waals surface area contributed by atoms with Crippen molar-refractivity contribution in [2.45, 2.75) is 24.8 Å². The number of carboxylic acid groups (broad SMARTS) is 2. The molecule has 3 N–H and O–H groups in total. The monoisotopic (exact) mass is 673 g/mol. The number of fused-ring (bicyclic) bond motifs is 2. The summed E-state index contributed by atoms with van der Waals surface area (Å²) < 4.78 is 45.3. The first-order valence-electron chi connectivity index (χ1n) is 11.8. The van der Waals surface area contributed by atoms with Crippen molar-refractivity contribution in [2.24, 2.45) is 0 Å². The molecule has 0 bridgehead atoms. The summed E-state index contributed by atoms with van der Waals surface area (Å²) in [5.41, 5.74) is 0.110. The molecule has 5 rings (SSSR count). The second-order valence-electron chi connectivity index (χ2n) is 8.78. The Bertz CT molecular complexity index is 1890. The van der Waals surface area contributed by atoms with Crippen LogP contribution in [0.1, 0.15) is 13.3 Å². The van der Waals surface area contributed by atoms with Crippen molar-refractivity contribution in [3.63, 3.8) is 0 Å². The fourth-order valence-corrected chi connectivity index (χ4v) is 8.69. The highest BCUT2D eigenvalue weighted by atomic mass is 32.2. The molecule has 2 aromatic rings. The summed E-state index contributed by atoms with van der Waals surface area (Å²) in [6.45, 7) is 0.256. The standard InChI is InChI=1S/C23H19N3O11S5/c1-2-10(3-15-26(8-42(33,34)35)11-4-12-13(37-9-36-12)5-14(11)39-15)18-20(31)24(6-16(27)28)22(40-18)19-21(32)25(7-17(29)30)23(38)41-19/h3-5H,2,6-9H2,1H3,(H,27,28)(H,29,30)(H,33,34,35)/b15-3-,18-10+,22-19-. The number of carboxylic acids is 2. The van der Waals surface area contributed by atoms with Crippen molar-refractivity contribution < 1.29 is 47.0 Å². The van der Waals surface area contributed by atoms with Crippen LogP contribution in [0.2, 0.25) is 0 Å². The number of thioether (sulfide) groups is 2. The number of hydrogen-bond acceptors (Lipinski definition) is 13. The molecule has 1 amide bonds. The van der Waals surface area contributed by atoms with E-state index in [1.54, 1.807) is 25.1 Å². The summed E-state index contributed by atoms with van der Waals surface area (Å²) in [5, 5.41) is 19.0. The third-order valence-electron chi connectivity index (χ3n) is 6.00. The summed E-state index contributed by atoms with van der Waals surface area (Å²) in [5.74, 6) is -3.37. The van der Waals surface area contributed by atoms with E-state index in [4.69, 9.17) is 26.8 Å². The van der Waals surface area contributed by atoms with Gasteiger partial charge in [0.1, 0.15) is 27.0 Å². The molecule has 222 valence electrons. The van der Waals surface area contributed by atoms with E-state index in [2.05, 4.69) is 0 Å². The third-order valence-corrected chi connectivity index (χ3v) is 10.5. The van der Waals surface area contributed by atoms with Crippen molar-refractivity contribution in [1.82, 2.24) is 9.47 Å². The number of thiocarbonyl (C=S) groups is 1. The Balaban J connectivity index is 1.70. The lowest BCUT2D eigenvalue weighted by atomic mass is 10.2. The van der Waals surface area contributed by atoms with Gasteiger partial charge in [0.05, 0.1) is 15.2 Å². The van der Waals surface area contributed by atoms with Gasteiger partial charge in [-0.1, -0.05) is 42.7 Å². The van der Waals surface area contributed by atoms with Crippen LogP contribution < -0.4 is 29.1 Å². The summed E-state index contributed by atoms with van der Waals surface area (Å²) >= 11 is 7.92. The highest BCUT2D eigenvalue weighted by molar-refractivity contribution is 8.30. The summed E-state index contributed by atoms with van der Waals surface area (Å²) in [6.07, 6.45) is 1.80. The lowest BCUT2D eigenvalue weighted by molar-refractivity contribution is -0.140. The Labute approximate surface area is 254 Å². The first kappa shape index (κ1) is 30.1. The summed E-state index contributed by atoms with van der Waals surface area (Å²) in [6, 6.07) is 3.25. The minimum atomic E-state index is -4.51. The summed E-state index contributed by atoms with van der Waals surface area (Å²) in [7, 11) is -4.51. The maximum absolute atomic E-state index is 13.6. The average Bonchev–Trinajstić information content (AvgIpc) is 3.63. The van der Waals surface area contributed by atoms with Crippen molar-refractivity contribution in [3.05, 3.63) is 42.8 Å². The van der Waals surface area contributed by atoms with E-state index < -0.39 is 52.5 Å². The normalized spacial score (nSPS) is 19.1. The maximum Gasteiger partial charge on any atom is 0.323 e. The van der Waals surface area contributed by atoms with Crippen molar-refractivity contribution in [3.8, 4) is 11.5 Å². The number of allylic oxidation sites excluding steroid dienone is 1. The van der Waals surface area contributed by atoms with E-state index in [0.29, 0.717) is 32.7 Å². The maximum atomic E-state index is 13.6. The number of ether oxygens (including phenoxy) is 2. The zero-order chi connectivity index (χ0) is 30.5. The van der Waals surface area contributed by atoms with E-state index in [1.165, 1.54) is 4.90 Å². The number of carbonyl (C=O) groups excluding carboxylic acids is 1. The third kappa shape index (κ3) is 5.79. The number of aliphatic carboxylic acids is 2. The van der Waals surface area contributed by atoms with Crippen LogP contribution in [0.4, 0.5) is 5.69 Å². The molecule has 0 unspecified atom stereocenters. The number of nitrogens with zero attached hydrogens (tertiary/aromatic N) is 3. The Morgan fingerprint density at radius 3 is 2.36 bits per heavy atom. The number of hydrogen-bond donors (Lipinski definition) is 3. The van der Waals surface area contributed by atoms with Gasteiger partial charge in [0.2, 0.25) is 6.79 Å². The first-order chi connectivity index (χ1) is 19.8. The van der Waals surface area contributed by atoms with Gasteiger partial charge in [-0.2, -0.15) is 8.42 Å². The molecular weight excluding hydrogens is 655 g/mol. The first-order valence-corrected chi connectivity index (χ1v) is 16.2. The van der Waals surface area contributed by atoms with Crippen molar-refractivity contribution >= 4 is 95.5 Å². The number of thiazole rings is 1. The lowest BCUT2D eigenvalue weighted by Crippen LogP contribution is -2.37. The van der Waals surface area contributed by atoms with Gasteiger partial charge in [0.25, 0.3) is 21.6 Å². The predicted octanol–water partition coefficient (Wildman–Crippen LogP) is 0.636. The van der Waals surface area contributed by atoms with Crippen LogP contribution in [0.25, 0.3) is 10.5 Å². The Morgan fingerprint density at radius 1 is 1.07 bits per heavy atom. The van der Waals surface area contributed by atoms with Gasteiger partial charge in [-0.15, -0.1) is 11.3 Å². The zero-order valence-electron chi connectivity index (χ0n) is 21.3. The van der Waals surface area contributed by atoms with Crippen LogP contribution in [0.5, 0.6) is 11.5 Å². The molecule has 19 heteroatoms. The smallest absolute Gasteiger partial charge is 0.323 e. The van der Waals surface area contributed by atoms with Gasteiger partial charge < -0.3 is 24.6 Å². The van der Waals surface area contributed by atoms with E-state index in [9.17, 15) is 37.3 Å². The molecule has 0 spiro atoms. The van der Waals surface area contributed by atoms with Crippen LogP contribution in [-0.2, 0) is 31.0 Å². The fraction of sp³-hybridized carbons (Fsp3) is 0.261. The lowest BCUT2D eigenvalue weighted by Gasteiger charge is -2.19. The predicted molar refractivity (Wildman–Crippen MR) is 158 cm³/mol. The molecule has 1 aromatic heterocycles. The molecule has 42 heavy (non-hydrogen) atoms. The number of benzene rings is 1. The van der Waals surface area contributed by atoms with Gasteiger partial charge in [-0.05, 0) is 18.1 Å². The topological polar surface area (TPSA) is 193 Å². The van der Waals surface area contributed by atoms with Crippen LogP contribution >= 0.6 is 47.1 Å². The Hall–Kier alpha value is -3.36. The second kappa shape index (κ2) is 11.4. The number of amides is 1. The molecule has 0 atom stereocenters. The molecule has 0 aliphatic carbocycles. The van der Waals surface area contributed by atoms with E-state index in [-0.39, 0.29) is 31.6 Å². The van der Waals surface area contributed by atoms with E-state index in [1.807, 2.05) is 0 Å². The van der Waals surface area contributed by atoms with Gasteiger partial charge in [0, 0.05) is 17.0 Å². The number of anilines is 1. The van der Waals surface area contributed by atoms with Crippen molar-refractivity contribution in [1.29, 1.82) is 0 Å². The highest BCUT2D eigenvalue weighted by Crippen LogP contribution is 2.51. The van der Waals surface area contributed by atoms with Gasteiger partial charge >= 0.3 is 11.9 Å². The highest BCUT2D eigenvalue weighted by Gasteiger charge is 2.36. The minimum Gasteiger partial charge on any atom is -0.480 e. The molecule has 1 saturated heterocycles. The molecule has 3 aliphatic heterocycles. The SMILES string of the molecule is CCC(/C=C1\Sc2cc3c(cc2N1CS(=O)(=O)O)OCO3)=c1\s/c(=C2\SC(=S)N(CC(=O)O)C2=O)n(CC(=O)O)c1=O. The molecule has 0 radical (unpaired) electrons. The zero-order valence-corrected chi connectivity index (χ0v) is 25.3. The molecule has 1 fully saturated rings. The molecule has 1 aromatic carbocycles. The van der Waals surface area contributed by atoms with Crippen molar-refractivity contribution in [2.75, 3.05) is 24.1 Å². The molecular formula is C23H19N3O11S5. The number of rotatable bonds is 8. The van der Waals surface area contributed by atoms with Gasteiger partial charge in [-0.3, -0.25) is 33.2 Å². The van der Waals surface area contributed by atoms with Crippen LogP contribution in [0.3, 0.4) is 0 Å². The minimum absolute atomic E-state index is 0.000432. The summed E-state index contributed by atoms with van der Waals surface area (Å²) in [4.78, 5) is 52.2. The van der Waals surface area contributed by atoms with E-state index >= 15 is 0 Å². The molecule has 0 saturated carbocycles. The van der Waals surface area contributed by atoms with Crippen LogP contribution in [-0.4, -0.2) is 74.0 Å². The van der Waals surface area contributed by atoms with Crippen LogP contribution in [0.15, 0.2) is 32.9 Å².